The molecule has 150 valence electrons. The minimum Gasteiger partial charge on any atom is -0.258 e. The van der Waals surface area contributed by atoms with Crippen LogP contribution in [-0.4, -0.2) is 39.8 Å². The lowest BCUT2D eigenvalue weighted by Gasteiger charge is -2.09. The summed E-state index contributed by atoms with van der Waals surface area (Å²) in [5.74, 6) is 0. The Morgan fingerprint density at radius 1 is 0.643 bits per heavy atom. The van der Waals surface area contributed by atoms with E-state index >= 15 is 0 Å². The van der Waals surface area contributed by atoms with Crippen molar-refractivity contribution in [3.05, 3.63) is 68.8 Å². The average molecular weight is 430 g/mol. The summed E-state index contributed by atoms with van der Waals surface area (Å²) in [6.45, 7) is -0.572. The zero-order valence-corrected chi connectivity index (χ0v) is 15.6. The number of nitrogens with one attached hydrogen (secondary N) is 2. The monoisotopic (exact) mass is 430 g/mol. The molecule has 12 nitrogen and oxygen atoms in total. The highest BCUT2D eigenvalue weighted by molar-refractivity contribution is 7.89. The first kappa shape index (κ1) is 21.4. The Morgan fingerprint density at radius 3 is 1.18 bits per heavy atom. The summed E-state index contributed by atoms with van der Waals surface area (Å²) in [5, 5.41) is 21.2. The highest BCUT2D eigenvalue weighted by Crippen LogP contribution is 2.16. The van der Waals surface area contributed by atoms with Crippen molar-refractivity contribution in [1.82, 2.24) is 9.44 Å². The smallest absolute Gasteiger partial charge is 0.258 e. The molecule has 0 saturated carbocycles. The number of nitro benzene ring substituents is 2. The lowest BCUT2D eigenvalue weighted by Crippen LogP contribution is -2.34. The number of sulfonamides is 2. The van der Waals surface area contributed by atoms with Crippen molar-refractivity contribution in [3.63, 3.8) is 0 Å². The number of rotatable bonds is 9. The lowest BCUT2D eigenvalue weighted by molar-refractivity contribution is -0.385. The molecular formula is C14H14N4O8S2. The zero-order valence-electron chi connectivity index (χ0n) is 14.0. The van der Waals surface area contributed by atoms with Crippen molar-refractivity contribution >= 4 is 31.4 Å². The van der Waals surface area contributed by atoms with Gasteiger partial charge in [-0.1, -0.05) is 0 Å². The maximum atomic E-state index is 12.1. The van der Waals surface area contributed by atoms with Crippen molar-refractivity contribution in [2.75, 3.05) is 13.1 Å². The van der Waals surface area contributed by atoms with Crippen molar-refractivity contribution in [3.8, 4) is 0 Å². The topological polar surface area (TPSA) is 179 Å². The molecule has 0 fully saturated rings. The van der Waals surface area contributed by atoms with Gasteiger partial charge in [-0.15, -0.1) is 0 Å². The minimum atomic E-state index is -3.98. The molecule has 2 N–H and O–H groups in total. The van der Waals surface area contributed by atoms with Gasteiger partial charge in [-0.05, 0) is 24.3 Å². The molecule has 0 aliphatic heterocycles. The van der Waals surface area contributed by atoms with Crippen LogP contribution in [0.3, 0.4) is 0 Å². The van der Waals surface area contributed by atoms with E-state index in [0.29, 0.717) is 0 Å². The maximum absolute atomic E-state index is 12.1. The molecule has 0 radical (unpaired) electrons. The number of non-ortho nitro benzene ring substituents is 2. The predicted molar refractivity (Wildman–Crippen MR) is 96.6 cm³/mol. The molecule has 0 aliphatic carbocycles. The molecule has 2 aromatic rings. The lowest BCUT2D eigenvalue weighted by atomic mass is 10.3. The SMILES string of the molecule is O=[N+]([O-])c1ccc(S(=O)(=O)NCCNS(=O)(=O)c2ccc([N+](=O)[O-])cc2)cc1. The second-order valence-electron chi connectivity index (χ2n) is 5.30. The van der Waals surface area contributed by atoms with Gasteiger partial charge in [0.1, 0.15) is 0 Å². The van der Waals surface area contributed by atoms with Crippen molar-refractivity contribution in [2.24, 2.45) is 0 Å². The van der Waals surface area contributed by atoms with E-state index in [9.17, 15) is 37.1 Å². The van der Waals surface area contributed by atoms with Crippen LogP contribution in [0.2, 0.25) is 0 Å². The number of hydrogen-bond acceptors (Lipinski definition) is 8. The fraction of sp³-hybridized carbons (Fsp3) is 0.143. The van der Waals surface area contributed by atoms with Gasteiger partial charge in [-0.3, -0.25) is 20.2 Å². The zero-order chi connectivity index (χ0) is 20.9. The first-order valence-electron chi connectivity index (χ1n) is 7.51. The molecule has 28 heavy (non-hydrogen) atoms. The first-order valence-corrected chi connectivity index (χ1v) is 10.5. The Kier molecular flexibility index (Phi) is 6.40. The van der Waals surface area contributed by atoms with Crippen LogP contribution in [0.15, 0.2) is 58.3 Å². The molecule has 0 aromatic heterocycles. The third-order valence-electron chi connectivity index (χ3n) is 3.42. The summed E-state index contributed by atoms with van der Waals surface area (Å²) in [4.78, 5) is 19.4. The largest absolute Gasteiger partial charge is 0.269 e. The quantitative estimate of drug-likeness (QED) is 0.332. The Bertz CT molecular complexity index is 992. The van der Waals surface area contributed by atoms with Gasteiger partial charge in [0.15, 0.2) is 0 Å². The van der Waals surface area contributed by atoms with E-state index < -0.39 is 29.9 Å². The minimum absolute atomic E-state index is 0.212. The highest BCUT2D eigenvalue weighted by Gasteiger charge is 2.18. The van der Waals surface area contributed by atoms with Gasteiger partial charge >= 0.3 is 0 Å². The summed E-state index contributed by atoms with van der Waals surface area (Å²) >= 11 is 0. The number of nitrogens with zero attached hydrogens (tertiary/aromatic N) is 2. The Morgan fingerprint density at radius 2 is 0.929 bits per heavy atom. The highest BCUT2D eigenvalue weighted by atomic mass is 32.2. The standard InChI is InChI=1S/C14H14N4O8S2/c19-17(20)11-1-5-13(6-2-11)27(23,24)15-9-10-16-28(25,26)14-7-3-12(4-8-14)18(21)22/h1-8,15-16H,9-10H2. The third kappa shape index (κ3) is 5.29. The molecule has 0 spiro atoms. The fourth-order valence-corrected chi connectivity index (χ4v) is 4.10. The second kappa shape index (κ2) is 8.39. The van der Waals surface area contributed by atoms with Crippen LogP contribution in [0.5, 0.6) is 0 Å². The summed E-state index contributed by atoms with van der Waals surface area (Å²) in [6, 6.07) is 8.36. The van der Waals surface area contributed by atoms with E-state index in [1.165, 1.54) is 0 Å². The fourth-order valence-electron chi connectivity index (χ4n) is 2.03. The van der Waals surface area contributed by atoms with E-state index in [1.54, 1.807) is 0 Å². The normalized spacial score (nSPS) is 11.9. The van der Waals surface area contributed by atoms with E-state index in [-0.39, 0.29) is 34.3 Å². The van der Waals surface area contributed by atoms with Crippen LogP contribution >= 0.6 is 0 Å². The molecular weight excluding hydrogens is 416 g/mol. The van der Waals surface area contributed by atoms with Gasteiger partial charge in [0.2, 0.25) is 20.0 Å². The van der Waals surface area contributed by atoms with Crippen molar-refractivity contribution in [1.29, 1.82) is 0 Å². The third-order valence-corrected chi connectivity index (χ3v) is 6.38. The van der Waals surface area contributed by atoms with Crippen LogP contribution < -0.4 is 9.44 Å². The second-order valence-corrected chi connectivity index (χ2v) is 8.83. The molecule has 14 heteroatoms. The van der Waals surface area contributed by atoms with Crippen LogP contribution in [0.1, 0.15) is 0 Å². The van der Waals surface area contributed by atoms with Gasteiger partial charge < -0.3 is 0 Å². The van der Waals surface area contributed by atoms with Gasteiger partial charge in [0, 0.05) is 37.4 Å². The molecule has 0 heterocycles. The van der Waals surface area contributed by atoms with Crippen molar-refractivity contribution in [2.45, 2.75) is 9.79 Å². The summed E-state index contributed by atoms with van der Waals surface area (Å²) in [7, 11) is -7.97. The van der Waals surface area contributed by atoms with Gasteiger partial charge in [0.25, 0.3) is 11.4 Å². The van der Waals surface area contributed by atoms with Gasteiger partial charge in [0.05, 0.1) is 19.6 Å². The number of benzene rings is 2. The first-order chi connectivity index (χ1) is 13.0. The summed E-state index contributed by atoms with van der Waals surface area (Å²) < 4.78 is 52.7. The van der Waals surface area contributed by atoms with Gasteiger partial charge in [-0.25, -0.2) is 26.3 Å². The molecule has 0 saturated heterocycles. The Hall–Kier alpha value is -2.94. The van der Waals surface area contributed by atoms with Crippen LogP contribution in [0.4, 0.5) is 11.4 Å². The molecule has 0 aliphatic rings. The number of nitro groups is 2. The Labute approximate surface area is 159 Å². The van der Waals surface area contributed by atoms with Crippen molar-refractivity contribution < 1.29 is 26.7 Å². The van der Waals surface area contributed by atoms with Crippen LogP contribution in [0.25, 0.3) is 0 Å². The molecule has 0 unspecified atom stereocenters. The molecule has 0 bridgehead atoms. The molecule has 0 atom stereocenters. The predicted octanol–water partition coefficient (Wildman–Crippen LogP) is 0.760. The van der Waals surface area contributed by atoms with E-state index in [4.69, 9.17) is 0 Å². The van der Waals surface area contributed by atoms with E-state index in [2.05, 4.69) is 9.44 Å². The van der Waals surface area contributed by atoms with Gasteiger partial charge in [-0.2, -0.15) is 0 Å². The van der Waals surface area contributed by atoms with Crippen LogP contribution in [0, 0.1) is 20.2 Å². The molecule has 0 amide bonds. The van der Waals surface area contributed by atoms with E-state index in [0.717, 1.165) is 48.5 Å². The number of hydrogen-bond donors (Lipinski definition) is 2. The van der Waals surface area contributed by atoms with E-state index in [1.807, 2.05) is 0 Å². The maximum Gasteiger partial charge on any atom is 0.269 e. The van der Waals surface area contributed by atoms with Crippen LogP contribution in [-0.2, 0) is 20.0 Å². The molecule has 2 rings (SSSR count). The Balaban J connectivity index is 1.95. The average Bonchev–Trinajstić information content (AvgIpc) is 2.65. The molecule has 2 aromatic carbocycles. The summed E-state index contributed by atoms with van der Waals surface area (Å²) in [6.07, 6.45) is 0. The summed E-state index contributed by atoms with van der Waals surface area (Å²) in [5.41, 5.74) is -0.537.